The van der Waals surface area contributed by atoms with E-state index in [0.29, 0.717) is 33.9 Å². The van der Waals surface area contributed by atoms with Crippen LogP contribution in [0, 0.1) is 39.9 Å². The van der Waals surface area contributed by atoms with Gasteiger partial charge in [-0.25, -0.2) is 0 Å². The SMILES string of the molecule is CC1(C)[C@H](NC(=O)c2ccc(C#CC3CN(C4CCNCC4)C3)cc2)C(C)(C)[C@H]1Oc1ccc(C#N)c(Cl)c1. The Morgan fingerprint density at radius 3 is 2.36 bits per heavy atom. The summed E-state index contributed by atoms with van der Waals surface area (Å²) >= 11 is 6.20. The third kappa shape index (κ3) is 5.52. The first-order chi connectivity index (χ1) is 18.6. The number of piperidine rings is 1. The zero-order valence-electron chi connectivity index (χ0n) is 23.2. The van der Waals surface area contributed by atoms with Gasteiger partial charge in [-0.05, 0) is 62.3 Å². The minimum Gasteiger partial charge on any atom is -0.489 e. The normalized spacial score (nSPS) is 24.3. The predicted octanol–water partition coefficient (Wildman–Crippen LogP) is 4.86. The van der Waals surface area contributed by atoms with E-state index in [1.54, 1.807) is 18.2 Å². The summed E-state index contributed by atoms with van der Waals surface area (Å²) in [6, 6.07) is 15.4. The monoisotopic (exact) mass is 544 g/mol. The molecule has 1 amide bonds. The summed E-state index contributed by atoms with van der Waals surface area (Å²) in [5.41, 5.74) is 1.35. The molecule has 2 N–H and O–H groups in total. The maximum absolute atomic E-state index is 13.2. The molecule has 5 rings (SSSR count). The van der Waals surface area contributed by atoms with Crippen molar-refractivity contribution in [3.63, 3.8) is 0 Å². The van der Waals surface area contributed by atoms with Crippen LogP contribution in [-0.2, 0) is 0 Å². The van der Waals surface area contributed by atoms with Gasteiger partial charge < -0.3 is 15.4 Å². The lowest BCUT2D eigenvalue weighted by Crippen LogP contribution is -2.74. The molecular formula is C32H37ClN4O2. The minimum atomic E-state index is -0.310. The number of hydrogen-bond acceptors (Lipinski definition) is 5. The van der Waals surface area contributed by atoms with Gasteiger partial charge in [0.2, 0.25) is 0 Å². The molecule has 39 heavy (non-hydrogen) atoms. The number of carbonyl (C=O) groups is 1. The van der Waals surface area contributed by atoms with E-state index in [4.69, 9.17) is 21.6 Å². The highest BCUT2D eigenvalue weighted by Gasteiger charge is 2.64. The maximum atomic E-state index is 13.2. The van der Waals surface area contributed by atoms with Crippen molar-refractivity contribution >= 4 is 17.5 Å². The van der Waals surface area contributed by atoms with E-state index in [1.165, 1.54) is 12.8 Å². The van der Waals surface area contributed by atoms with E-state index in [9.17, 15) is 4.79 Å². The van der Waals surface area contributed by atoms with Gasteiger partial charge in [-0.1, -0.05) is 51.1 Å². The zero-order valence-corrected chi connectivity index (χ0v) is 23.9. The summed E-state index contributed by atoms with van der Waals surface area (Å²) < 4.78 is 6.33. The first kappa shape index (κ1) is 27.5. The Kier molecular flexibility index (Phi) is 7.66. The molecule has 0 aromatic heterocycles. The van der Waals surface area contributed by atoms with Gasteiger partial charge in [0, 0.05) is 59.1 Å². The van der Waals surface area contributed by atoms with Gasteiger partial charge in [-0.15, -0.1) is 0 Å². The molecule has 3 aliphatic rings. The Morgan fingerprint density at radius 2 is 1.74 bits per heavy atom. The van der Waals surface area contributed by atoms with Crippen molar-refractivity contribution in [1.29, 1.82) is 5.26 Å². The Hall–Kier alpha value is -3.03. The molecule has 2 aromatic carbocycles. The Morgan fingerprint density at radius 1 is 1.08 bits per heavy atom. The number of nitriles is 1. The third-order valence-electron chi connectivity index (χ3n) is 8.73. The number of amides is 1. The van der Waals surface area contributed by atoms with Crippen LogP contribution in [0.2, 0.25) is 5.02 Å². The Labute approximate surface area is 237 Å². The molecular weight excluding hydrogens is 508 g/mol. The molecule has 2 aromatic rings. The lowest BCUT2D eigenvalue weighted by Gasteiger charge is -2.63. The largest absolute Gasteiger partial charge is 0.489 e. The zero-order chi connectivity index (χ0) is 27.8. The van der Waals surface area contributed by atoms with Gasteiger partial charge in [0.25, 0.3) is 5.91 Å². The van der Waals surface area contributed by atoms with Crippen molar-refractivity contribution in [3.05, 3.63) is 64.2 Å². The lowest BCUT2D eigenvalue weighted by atomic mass is 9.49. The van der Waals surface area contributed by atoms with Gasteiger partial charge in [-0.2, -0.15) is 5.26 Å². The summed E-state index contributed by atoms with van der Waals surface area (Å²) in [4.78, 5) is 15.7. The number of nitrogens with zero attached hydrogens (tertiary/aromatic N) is 2. The van der Waals surface area contributed by atoms with Crippen LogP contribution in [0.15, 0.2) is 42.5 Å². The number of rotatable bonds is 5. The van der Waals surface area contributed by atoms with E-state index >= 15 is 0 Å². The molecule has 0 unspecified atom stereocenters. The fraction of sp³-hybridized carbons (Fsp3) is 0.500. The minimum absolute atomic E-state index is 0.0858. The molecule has 0 radical (unpaired) electrons. The summed E-state index contributed by atoms with van der Waals surface area (Å²) in [6.45, 7) is 12.8. The quantitative estimate of drug-likeness (QED) is 0.526. The van der Waals surface area contributed by atoms with E-state index in [1.807, 2.05) is 24.3 Å². The van der Waals surface area contributed by atoms with Crippen LogP contribution in [0.3, 0.4) is 0 Å². The fourth-order valence-corrected chi connectivity index (χ4v) is 6.99. The second kappa shape index (κ2) is 10.9. The molecule has 6 nitrogen and oxygen atoms in total. The molecule has 0 bridgehead atoms. The average Bonchev–Trinajstić information content (AvgIpc) is 2.90. The second-order valence-electron chi connectivity index (χ2n) is 12.3. The second-order valence-corrected chi connectivity index (χ2v) is 12.7. The Bertz CT molecular complexity index is 1310. The van der Waals surface area contributed by atoms with Crippen molar-refractivity contribution < 1.29 is 9.53 Å². The fourth-order valence-electron chi connectivity index (χ4n) is 6.77. The predicted molar refractivity (Wildman–Crippen MR) is 154 cm³/mol. The third-order valence-corrected chi connectivity index (χ3v) is 9.05. The maximum Gasteiger partial charge on any atom is 0.251 e. The Balaban J connectivity index is 1.16. The molecule has 0 spiro atoms. The topological polar surface area (TPSA) is 77.4 Å². The molecule has 2 aliphatic heterocycles. The highest BCUT2D eigenvalue weighted by Crippen LogP contribution is 2.55. The molecule has 2 heterocycles. The highest BCUT2D eigenvalue weighted by atomic mass is 35.5. The van der Waals surface area contributed by atoms with E-state index in [2.05, 4.69) is 61.1 Å². The molecule has 1 aliphatic carbocycles. The summed E-state index contributed by atoms with van der Waals surface area (Å²) in [5.74, 6) is 7.67. The van der Waals surface area contributed by atoms with Crippen LogP contribution in [0.4, 0.5) is 0 Å². The van der Waals surface area contributed by atoms with Gasteiger partial charge in [0.1, 0.15) is 17.9 Å². The summed E-state index contributed by atoms with van der Waals surface area (Å²) in [6.07, 6.45) is 2.33. The van der Waals surface area contributed by atoms with E-state index < -0.39 is 0 Å². The van der Waals surface area contributed by atoms with Gasteiger partial charge in [0.05, 0.1) is 10.6 Å². The van der Waals surface area contributed by atoms with Crippen LogP contribution < -0.4 is 15.4 Å². The molecule has 1 saturated carbocycles. The molecule has 3 fully saturated rings. The molecule has 7 heteroatoms. The highest BCUT2D eigenvalue weighted by molar-refractivity contribution is 6.31. The van der Waals surface area contributed by atoms with Crippen LogP contribution in [0.25, 0.3) is 0 Å². The first-order valence-electron chi connectivity index (χ1n) is 13.8. The number of nitrogens with one attached hydrogen (secondary N) is 2. The van der Waals surface area contributed by atoms with E-state index in [0.717, 1.165) is 31.7 Å². The van der Waals surface area contributed by atoms with Gasteiger partial charge >= 0.3 is 0 Å². The van der Waals surface area contributed by atoms with Crippen molar-refractivity contribution in [2.45, 2.75) is 58.7 Å². The van der Waals surface area contributed by atoms with E-state index in [-0.39, 0.29) is 28.9 Å². The van der Waals surface area contributed by atoms with Crippen LogP contribution in [0.1, 0.15) is 62.0 Å². The lowest BCUT2D eigenvalue weighted by molar-refractivity contribution is -0.164. The first-order valence-corrected chi connectivity index (χ1v) is 14.2. The summed E-state index contributed by atoms with van der Waals surface area (Å²) in [5, 5.41) is 16.2. The van der Waals surface area contributed by atoms with Crippen molar-refractivity contribution in [2.24, 2.45) is 16.7 Å². The average molecular weight is 545 g/mol. The van der Waals surface area contributed by atoms with Crippen LogP contribution in [0.5, 0.6) is 5.75 Å². The number of likely N-dealkylation sites (tertiary alicyclic amines) is 1. The number of halogens is 1. The van der Waals surface area contributed by atoms with Crippen LogP contribution >= 0.6 is 11.6 Å². The van der Waals surface area contributed by atoms with Crippen LogP contribution in [-0.4, -0.2) is 55.2 Å². The number of hydrogen-bond donors (Lipinski definition) is 2. The van der Waals surface area contributed by atoms with Crippen molar-refractivity contribution in [1.82, 2.24) is 15.5 Å². The smallest absolute Gasteiger partial charge is 0.251 e. The van der Waals surface area contributed by atoms with Crippen molar-refractivity contribution in [3.8, 4) is 23.7 Å². The molecule has 2 saturated heterocycles. The van der Waals surface area contributed by atoms with Crippen molar-refractivity contribution in [2.75, 3.05) is 26.2 Å². The van der Waals surface area contributed by atoms with Gasteiger partial charge in [0.15, 0.2) is 0 Å². The standard InChI is InChI=1S/C32H37ClN4O2/c1-31(2)29(32(3,4)30(31)39-26-12-11-24(18-34)27(33)17-26)36-28(38)23-9-7-21(8-10-23)5-6-22-19-37(20-22)25-13-15-35-16-14-25/h7-12,17,22,25,29-30,35H,13-16,19-20H2,1-4H3,(H,36,38)/t29-,30-. The molecule has 0 atom stereocenters. The number of ether oxygens (including phenoxy) is 1. The number of carbonyl (C=O) groups excluding carboxylic acids is 1. The number of benzene rings is 2. The van der Waals surface area contributed by atoms with Gasteiger partial charge in [-0.3, -0.25) is 9.69 Å². The molecule has 204 valence electrons. The summed E-state index contributed by atoms with van der Waals surface area (Å²) in [7, 11) is 0.